The third-order valence-corrected chi connectivity index (χ3v) is 4.30. The highest BCUT2D eigenvalue weighted by Gasteiger charge is 2.21. The van der Waals surface area contributed by atoms with Gasteiger partial charge in [-0.25, -0.2) is 0 Å². The van der Waals surface area contributed by atoms with Crippen molar-refractivity contribution in [2.75, 3.05) is 13.1 Å². The second-order valence-corrected chi connectivity index (χ2v) is 6.06. The molecule has 124 valence electrons. The van der Waals surface area contributed by atoms with E-state index in [1.54, 1.807) is 24.4 Å². The van der Waals surface area contributed by atoms with Crippen LogP contribution in [0.25, 0.3) is 11.8 Å². The van der Waals surface area contributed by atoms with Crippen molar-refractivity contribution >= 4 is 17.7 Å². The fraction of sp³-hybridized carbons (Fsp3) is 0.300. The molecule has 2 aromatic rings. The average molecular weight is 322 g/mol. The minimum atomic E-state index is -0.192. The highest BCUT2D eigenvalue weighted by atomic mass is 16.2. The zero-order valence-electron chi connectivity index (χ0n) is 13.7. The fourth-order valence-corrected chi connectivity index (χ4v) is 3.00. The highest BCUT2D eigenvalue weighted by molar-refractivity contribution is 6.18. The summed E-state index contributed by atoms with van der Waals surface area (Å²) in [5.74, 6) is -0.0750. The fourth-order valence-electron chi connectivity index (χ4n) is 3.00. The maximum Gasteiger partial charge on any atom is 0.270 e. The van der Waals surface area contributed by atoms with Gasteiger partial charge < -0.3 is 4.90 Å². The van der Waals surface area contributed by atoms with Crippen LogP contribution in [0.15, 0.2) is 59.5 Å². The molecule has 0 aliphatic carbocycles. The third-order valence-electron chi connectivity index (χ3n) is 4.30. The Morgan fingerprint density at radius 1 is 0.875 bits per heavy atom. The maximum absolute atomic E-state index is 13.1. The summed E-state index contributed by atoms with van der Waals surface area (Å²) < 4.78 is 1.44. The van der Waals surface area contributed by atoms with Crippen LogP contribution in [0, 0.1) is 0 Å². The number of amides is 1. The van der Waals surface area contributed by atoms with Gasteiger partial charge in [0.05, 0.1) is 0 Å². The van der Waals surface area contributed by atoms with E-state index in [1.807, 2.05) is 35.2 Å². The first-order chi connectivity index (χ1) is 11.8. The first-order valence-corrected chi connectivity index (χ1v) is 8.50. The lowest BCUT2D eigenvalue weighted by atomic mass is 10.1. The first-order valence-electron chi connectivity index (χ1n) is 8.50. The number of carbonyl (C=O) groups is 1. The summed E-state index contributed by atoms with van der Waals surface area (Å²) in [6, 6.07) is 14.6. The number of hydrogen-bond donors (Lipinski definition) is 0. The van der Waals surface area contributed by atoms with E-state index < -0.39 is 0 Å². The molecule has 1 aromatic carbocycles. The molecule has 1 saturated heterocycles. The SMILES string of the molecule is O=C(C(=Cc1ccccc1)n1ccccc1=O)N1CCCCCC1. The predicted octanol–water partition coefficient (Wildman–Crippen LogP) is 3.25. The Morgan fingerprint density at radius 3 is 2.21 bits per heavy atom. The third kappa shape index (κ3) is 3.82. The molecule has 1 fully saturated rings. The van der Waals surface area contributed by atoms with Crippen molar-refractivity contribution in [3.05, 3.63) is 70.6 Å². The van der Waals surface area contributed by atoms with Crippen molar-refractivity contribution in [3.8, 4) is 0 Å². The number of carbonyl (C=O) groups excluding carboxylic acids is 1. The summed E-state index contributed by atoms with van der Waals surface area (Å²) in [5.41, 5.74) is 1.13. The smallest absolute Gasteiger partial charge is 0.270 e. The molecule has 0 N–H and O–H groups in total. The summed E-state index contributed by atoms with van der Waals surface area (Å²) in [6.07, 6.45) is 7.82. The molecule has 1 aromatic heterocycles. The van der Waals surface area contributed by atoms with Crippen molar-refractivity contribution in [3.63, 3.8) is 0 Å². The van der Waals surface area contributed by atoms with Gasteiger partial charge in [0.25, 0.3) is 11.5 Å². The molecular formula is C20H22N2O2. The van der Waals surface area contributed by atoms with Crippen molar-refractivity contribution in [1.82, 2.24) is 9.47 Å². The molecule has 2 heterocycles. The van der Waals surface area contributed by atoms with E-state index in [-0.39, 0.29) is 11.5 Å². The topological polar surface area (TPSA) is 42.3 Å². The standard InChI is InChI=1S/C20H22N2O2/c23-19-12-6-9-15-22(19)18(16-17-10-4-3-5-11-17)20(24)21-13-7-1-2-8-14-21/h3-6,9-12,15-16H,1-2,7-8,13-14H2. The van der Waals surface area contributed by atoms with Crippen LogP contribution in [0.5, 0.6) is 0 Å². The van der Waals surface area contributed by atoms with Crippen LogP contribution in [0.2, 0.25) is 0 Å². The summed E-state index contributed by atoms with van der Waals surface area (Å²) in [6.45, 7) is 1.51. The van der Waals surface area contributed by atoms with Gasteiger partial charge in [0, 0.05) is 25.4 Å². The molecule has 1 amide bonds. The predicted molar refractivity (Wildman–Crippen MR) is 96.4 cm³/mol. The number of likely N-dealkylation sites (tertiary alicyclic amines) is 1. The molecule has 0 spiro atoms. The molecule has 0 radical (unpaired) electrons. The van der Waals surface area contributed by atoms with Crippen molar-refractivity contribution in [1.29, 1.82) is 0 Å². The molecule has 0 bridgehead atoms. The van der Waals surface area contributed by atoms with E-state index in [9.17, 15) is 9.59 Å². The van der Waals surface area contributed by atoms with Crippen LogP contribution in [-0.4, -0.2) is 28.5 Å². The number of nitrogens with zero attached hydrogens (tertiary/aromatic N) is 2. The number of hydrogen-bond acceptors (Lipinski definition) is 2. The average Bonchev–Trinajstić information content (AvgIpc) is 2.90. The van der Waals surface area contributed by atoms with Gasteiger partial charge in [-0.2, -0.15) is 0 Å². The summed E-state index contributed by atoms with van der Waals surface area (Å²) in [7, 11) is 0. The van der Waals surface area contributed by atoms with Crippen molar-refractivity contribution in [2.24, 2.45) is 0 Å². The normalized spacial score (nSPS) is 15.8. The van der Waals surface area contributed by atoms with Crippen molar-refractivity contribution < 1.29 is 4.79 Å². The lowest BCUT2D eigenvalue weighted by Crippen LogP contribution is -2.36. The minimum absolute atomic E-state index is 0.0750. The van der Waals surface area contributed by atoms with Gasteiger partial charge in [-0.3, -0.25) is 14.2 Å². The molecule has 3 rings (SSSR count). The molecule has 4 nitrogen and oxygen atoms in total. The Hall–Kier alpha value is -2.62. The molecular weight excluding hydrogens is 300 g/mol. The molecule has 0 unspecified atom stereocenters. The molecule has 0 atom stereocenters. The Kier molecular flexibility index (Phi) is 5.26. The van der Waals surface area contributed by atoms with Crippen LogP contribution >= 0.6 is 0 Å². The first kappa shape index (κ1) is 16.2. The molecule has 1 aliphatic rings. The lowest BCUT2D eigenvalue weighted by Gasteiger charge is -2.22. The second kappa shape index (κ2) is 7.77. The van der Waals surface area contributed by atoms with Gasteiger partial charge in [-0.05, 0) is 30.5 Å². The largest absolute Gasteiger partial charge is 0.337 e. The minimum Gasteiger partial charge on any atom is -0.337 e. The molecule has 24 heavy (non-hydrogen) atoms. The van der Waals surface area contributed by atoms with Crippen molar-refractivity contribution in [2.45, 2.75) is 25.7 Å². The van der Waals surface area contributed by atoms with Gasteiger partial charge in [0.15, 0.2) is 0 Å². The van der Waals surface area contributed by atoms with E-state index in [0.717, 1.165) is 44.3 Å². The number of aromatic nitrogens is 1. The van der Waals surface area contributed by atoms with Crippen LogP contribution < -0.4 is 5.56 Å². The van der Waals surface area contributed by atoms with E-state index in [4.69, 9.17) is 0 Å². The summed E-state index contributed by atoms with van der Waals surface area (Å²) in [4.78, 5) is 27.2. The molecule has 0 saturated carbocycles. The van der Waals surface area contributed by atoms with E-state index in [2.05, 4.69) is 0 Å². The Bertz CT molecular complexity index is 769. The number of rotatable bonds is 3. The monoisotopic (exact) mass is 322 g/mol. The highest BCUT2D eigenvalue weighted by Crippen LogP contribution is 2.17. The molecule has 1 aliphatic heterocycles. The Labute approximate surface area is 142 Å². The summed E-state index contributed by atoms with van der Waals surface area (Å²) in [5, 5.41) is 0. The van der Waals surface area contributed by atoms with Gasteiger partial charge >= 0.3 is 0 Å². The zero-order valence-corrected chi connectivity index (χ0v) is 13.7. The second-order valence-electron chi connectivity index (χ2n) is 6.06. The quantitative estimate of drug-likeness (QED) is 0.814. The van der Waals surface area contributed by atoms with E-state index in [0.29, 0.717) is 5.70 Å². The maximum atomic E-state index is 13.1. The van der Waals surface area contributed by atoms with Gasteiger partial charge in [0.2, 0.25) is 0 Å². The van der Waals surface area contributed by atoms with E-state index in [1.165, 1.54) is 10.6 Å². The van der Waals surface area contributed by atoms with Crippen LogP contribution in [0.1, 0.15) is 31.2 Å². The summed E-state index contributed by atoms with van der Waals surface area (Å²) >= 11 is 0. The van der Waals surface area contributed by atoms with E-state index >= 15 is 0 Å². The lowest BCUT2D eigenvalue weighted by molar-refractivity contribution is -0.125. The van der Waals surface area contributed by atoms with Crippen LogP contribution in [-0.2, 0) is 4.79 Å². The Morgan fingerprint density at radius 2 is 1.54 bits per heavy atom. The Balaban J connectivity index is 2.02. The van der Waals surface area contributed by atoms with Gasteiger partial charge in [-0.15, -0.1) is 0 Å². The van der Waals surface area contributed by atoms with Crippen LogP contribution in [0.3, 0.4) is 0 Å². The number of benzene rings is 1. The zero-order chi connectivity index (χ0) is 16.8. The van der Waals surface area contributed by atoms with Gasteiger partial charge in [0.1, 0.15) is 5.70 Å². The molecule has 4 heteroatoms. The van der Waals surface area contributed by atoms with Gasteiger partial charge in [-0.1, -0.05) is 49.2 Å². The van der Waals surface area contributed by atoms with Crippen LogP contribution in [0.4, 0.5) is 0 Å². The number of pyridine rings is 1.